The molecular weight excluding hydrogens is 388 g/mol. The molecule has 0 aliphatic carbocycles. The third-order valence-corrected chi connectivity index (χ3v) is 3.94. The van der Waals surface area contributed by atoms with E-state index < -0.39 is 11.2 Å². The van der Waals surface area contributed by atoms with Gasteiger partial charge in [0.1, 0.15) is 12.4 Å². The van der Waals surface area contributed by atoms with Gasteiger partial charge in [-0.25, -0.2) is 15.3 Å². The predicted octanol–water partition coefficient (Wildman–Crippen LogP) is 0.990. The number of hydrazone groups is 1. The third-order valence-electron chi connectivity index (χ3n) is 3.94. The van der Waals surface area contributed by atoms with Crippen LogP contribution in [0.25, 0.3) is 0 Å². The van der Waals surface area contributed by atoms with Crippen LogP contribution < -0.4 is 26.7 Å². The topological polar surface area (TPSA) is 141 Å². The molecule has 2 aromatic carbocycles. The number of amides is 1. The first-order valence-electron chi connectivity index (χ1n) is 9.12. The van der Waals surface area contributed by atoms with E-state index in [4.69, 9.17) is 4.74 Å². The number of rotatable bonds is 9. The summed E-state index contributed by atoms with van der Waals surface area (Å²) in [6.45, 7) is 0.510. The molecule has 3 rings (SSSR count). The Morgan fingerprint density at radius 3 is 2.67 bits per heavy atom. The Morgan fingerprint density at radius 2 is 1.87 bits per heavy atom. The quantitative estimate of drug-likeness (QED) is 0.307. The Kier molecular flexibility index (Phi) is 7.09. The smallest absolute Gasteiger partial charge is 0.342 e. The maximum absolute atomic E-state index is 11.9. The summed E-state index contributed by atoms with van der Waals surface area (Å²) >= 11 is 0. The number of hydrogen-bond acceptors (Lipinski definition) is 7. The SMILES string of the molecule is O=C(CCNc1n[nH]c(=O)[nH]c1=O)N/N=C/c1ccccc1COc1ccccc1. The lowest BCUT2D eigenvalue weighted by molar-refractivity contribution is -0.120. The van der Waals surface area contributed by atoms with Crippen LogP contribution >= 0.6 is 0 Å². The highest BCUT2D eigenvalue weighted by Crippen LogP contribution is 2.13. The minimum absolute atomic E-state index is 0.0519. The van der Waals surface area contributed by atoms with E-state index in [9.17, 15) is 14.4 Å². The van der Waals surface area contributed by atoms with Crippen molar-refractivity contribution in [2.75, 3.05) is 11.9 Å². The summed E-state index contributed by atoms with van der Waals surface area (Å²) < 4.78 is 5.76. The van der Waals surface area contributed by atoms with Crippen LogP contribution in [0, 0.1) is 0 Å². The zero-order valence-corrected chi connectivity index (χ0v) is 15.9. The highest BCUT2D eigenvalue weighted by atomic mass is 16.5. The van der Waals surface area contributed by atoms with Crippen LogP contribution in [0.5, 0.6) is 5.75 Å². The fraction of sp³-hybridized carbons (Fsp3) is 0.150. The van der Waals surface area contributed by atoms with E-state index in [2.05, 4.69) is 26.0 Å². The van der Waals surface area contributed by atoms with E-state index in [0.717, 1.165) is 16.9 Å². The number of ether oxygens (including phenoxy) is 1. The molecule has 0 fully saturated rings. The van der Waals surface area contributed by atoms with Crippen molar-refractivity contribution in [2.45, 2.75) is 13.0 Å². The molecule has 10 nitrogen and oxygen atoms in total. The van der Waals surface area contributed by atoms with Crippen LogP contribution in [0.3, 0.4) is 0 Å². The summed E-state index contributed by atoms with van der Waals surface area (Å²) in [5.41, 5.74) is 2.80. The highest BCUT2D eigenvalue weighted by molar-refractivity contribution is 5.83. The molecule has 0 aliphatic rings. The molecule has 1 aromatic heterocycles. The number of anilines is 1. The molecule has 0 radical (unpaired) electrons. The lowest BCUT2D eigenvalue weighted by Gasteiger charge is -2.08. The molecule has 0 bridgehead atoms. The van der Waals surface area contributed by atoms with E-state index in [1.807, 2.05) is 59.6 Å². The fourth-order valence-electron chi connectivity index (χ4n) is 2.46. The van der Waals surface area contributed by atoms with Crippen molar-refractivity contribution in [2.24, 2.45) is 5.10 Å². The van der Waals surface area contributed by atoms with Crippen LogP contribution in [-0.2, 0) is 11.4 Å². The molecule has 0 spiro atoms. The van der Waals surface area contributed by atoms with Gasteiger partial charge < -0.3 is 10.1 Å². The first-order valence-corrected chi connectivity index (χ1v) is 9.12. The molecule has 10 heteroatoms. The number of carbonyl (C=O) groups is 1. The molecule has 30 heavy (non-hydrogen) atoms. The Hall–Kier alpha value is -4.21. The molecule has 0 atom stereocenters. The standard InChI is InChI=1S/C20H20N6O4/c27-17(10-11-21-18-19(28)23-20(29)26-25-18)24-22-12-14-6-4-5-7-15(14)13-30-16-8-2-1-3-9-16/h1-9,12H,10-11,13H2,(H,21,25)(H,24,27)(H2,23,26,28,29)/b22-12+. The summed E-state index contributed by atoms with van der Waals surface area (Å²) in [6, 6.07) is 17.0. The minimum atomic E-state index is -0.702. The Balaban J connectivity index is 1.48. The van der Waals surface area contributed by atoms with Crippen LogP contribution in [-0.4, -0.2) is 33.8 Å². The molecule has 0 unspecified atom stereocenters. The van der Waals surface area contributed by atoms with Gasteiger partial charge in [0.25, 0.3) is 5.56 Å². The number of aromatic amines is 2. The molecule has 3 aromatic rings. The molecule has 0 saturated heterocycles. The second kappa shape index (κ2) is 10.4. The largest absolute Gasteiger partial charge is 0.489 e. The molecule has 154 valence electrons. The van der Waals surface area contributed by atoms with Gasteiger partial charge in [-0.05, 0) is 17.7 Å². The Morgan fingerprint density at radius 1 is 1.10 bits per heavy atom. The number of para-hydroxylation sites is 1. The fourth-order valence-corrected chi connectivity index (χ4v) is 2.46. The number of hydrogen-bond donors (Lipinski definition) is 4. The molecular formula is C20H20N6O4. The summed E-state index contributed by atoms with van der Waals surface area (Å²) in [6.07, 6.45) is 1.60. The molecule has 1 amide bonds. The average Bonchev–Trinajstić information content (AvgIpc) is 2.75. The minimum Gasteiger partial charge on any atom is -0.489 e. The van der Waals surface area contributed by atoms with Gasteiger partial charge in [-0.15, -0.1) is 5.10 Å². The van der Waals surface area contributed by atoms with Gasteiger partial charge in [-0.2, -0.15) is 5.10 Å². The van der Waals surface area contributed by atoms with Crippen molar-refractivity contribution >= 4 is 17.9 Å². The van der Waals surface area contributed by atoms with E-state index in [-0.39, 0.29) is 24.7 Å². The van der Waals surface area contributed by atoms with Gasteiger partial charge in [0, 0.05) is 18.5 Å². The number of H-pyrrole nitrogens is 2. The highest BCUT2D eigenvalue weighted by Gasteiger charge is 2.04. The Labute approximate surface area is 171 Å². The van der Waals surface area contributed by atoms with Gasteiger partial charge in [-0.1, -0.05) is 42.5 Å². The number of nitrogens with zero attached hydrogens (tertiary/aromatic N) is 2. The monoisotopic (exact) mass is 408 g/mol. The van der Waals surface area contributed by atoms with Crippen LogP contribution in [0.2, 0.25) is 0 Å². The normalized spacial score (nSPS) is 10.7. The third kappa shape index (κ3) is 6.16. The molecule has 4 N–H and O–H groups in total. The maximum atomic E-state index is 11.9. The molecule has 0 aliphatic heterocycles. The van der Waals surface area contributed by atoms with Crippen LogP contribution in [0.15, 0.2) is 69.3 Å². The zero-order valence-electron chi connectivity index (χ0n) is 15.9. The van der Waals surface area contributed by atoms with Crippen molar-refractivity contribution in [3.05, 3.63) is 86.6 Å². The van der Waals surface area contributed by atoms with Gasteiger partial charge in [-0.3, -0.25) is 14.6 Å². The molecule has 0 saturated carbocycles. The van der Waals surface area contributed by atoms with Gasteiger partial charge >= 0.3 is 5.69 Å². The van der Waals surface area contributed by atoms with E-state index in [1.165, 1.54) is 0 Å². The summed E-state index contributed by atoms with van der Waals surface area (Å²) in [4.78, 5) is 36.3. The van der Waals surface area contributed by atoms with Gasteiger partial charge in [0.2, 0.25) is 11.7 Å². The van der Waals surface area contributed by atoms with E-state index in [1.54, 1.807) is 6.21 Å². The second-order valence-electron chi connectivity index (χ2n) is 6.13. The van der Waals surface area contributed by atoms with E-state index in [0.29, 0.717) is 6.61 Å². The number of aromatic nitrogens is 3. The summed E-state index contributed by atoms with van der Waals surface area (Å²) in [5.74, 6) is 0.344. The maximum Gasteiger partial charge on any atom is 0.342 e. The predicted molar refractivity (Wildman–Crippen MR) is 112 cm³/mol. The van der Waals surface area contributed by atoms with Crippen molar-refractivity contribution < 1.29 is 9.53 Å². The number of benzene rings is 2. The van der Waals surface area contributed by atoms with Crippen molar-refractivity contribution in [1.29, 1.82) is 0 Å². The molecule has 1 heterocycles. The van der Waals surface area contributed by atoms with Crippen molar-refractivity contribution in [3.8, 4) is 5.75 Å². The van der Waals surface area contributed by atoms with Crippen molar-refractivity contribution in [3.63, 3.8) is 0 Å². The Bertz CT molecular complexity index is 1120. The second-order valence-corrected chi connectivity index (χ2v) is 6.13. The van der Waals surface area contributed by atoms with Crippen LogP contribution in [0.4, 0.5) is 5.82 Å². The number of carbonyl (C=O) groups excluding carboxylic acids is 1. The van der Waals surface area contributed by atoms with Gasteiger partial charge in [0.05, 0.1) is 6.21 Å². The first-order chi connectivity index (χ1) is 14.6. The average molecular weight is 408 g/mol. The van der Waals surface area contributed by atoms with Crippen molar-refractivity contribution in [1.82, 2.24) is 20.6 Å². The number of nitrogens with one attached hydrogen (secondary N) is 4. The van der Waals surface area contributed by atoms with E-state index >= 15 is 0 Å². The lowest BCUT2D eigenvalue weighted by Crippen LogP contribution is -2.28. The summed E-state index contributed by atoms with van der Waals surface area (Å²) in [5, 5.41) is 12.3. The first kappa shape index (κ1) is 20.5. The lowest BCUT2D eigenvalue weighted by atomic mass is 10.1. The van der Waals surface area contributed by atoms with Crippen LogP contribution in [0.1, 0.15) is 17.5 Å². The van der Waals surface area contributed by atoms with Gasteiger partial charge in [0.15, 0.2) is 0 Å². The summed E-state index contributed by atoms with van der Waals surface area (Å²) in [7, 11) is 0. The zero-order chi connectivity index (χ0) is 21.2.